The van der Waals surface area contributed by atoms with Crippen molar-refractivity contribution in [1.29, 1.82) is 0 Å². The van der Waals surface area contributed by atoms with Crippen molar-refractivity contribution in [3.8, 4) is 11.3 Å². The lowest BCUT2D eigenvalue weighted by atomic mass is 10.1. The Bertz CT molecular complexity index is 742. The van der Waals surface area contributed by atoms with Crippen LogP contribution in [0.2, 0.25) is 0 Å². The standard InChI is InChI=1S/C16H17N3O2/c1-10-9-12(11-7-5-4-6-8-11)18-19(10)13-14(20)16(2,3)17-15(13)21/h4-9,20H,1-3H3,(H,17,21). The number of nitrogens with one attached hydrogen (secondary N) is 1. The zero-order valence-corrected chi connectivity index (χ0v) is 12.2. The molecule has 1 aliphatic rings. The molecular weight excluding hydrogens is 266 g/mol. The minimum absolute atomic E-state index is 0.0123. The number of hydrogen-bond acceptors (Lipinski definition) is 3. The van der Waals surface area contributed by atoms with E-state index in [4.69, 9.17) is 0 Å². The molecule has 0 radical (unpaired) electrons. The maximum absolute atomic E-state index is 12.1. The summed E-state index contributed by atoms with van der Waals surface area (Å²) in [5.74, 6) is -0.304. The van der Waals surface area contributed by atoms with Crippen LogP contribution in [0.15, 0.2) is 42.2 Å². The van der Waals surface area contributed by atoms with Gasteiger partial charge < -0.3 is 10.4 Å². The number of aliphatic hydroxyl groups excluding tert-OH is 1. The average Bonchev–Trinajstić information content (AvgIpc) is 2.90. The third kappa shape index (κ3) is 2.11. The third-order valence-electron chi connectivity index (χ3n) is 3.63. The van der Waals surface area contributed by atoms with Crippen molar-refractivity contribution in [3.05, 3.63) is 47.9 Å². The highest BCUT2D eigenvalue weighted by atomic mass is 16.3. The van der Waals surface area contributed by atoms with Gasteiger partial charge in [0, 0.05) is 11.3 Å². The van der Waals surface area contributed by atoms with Crippen molar-refractivity contribution < 1.29 is 9.90 Å². The first-order valence-electron chi connectivity index (χ1n) is 6.79. The molecule has 2 heterocycles. The van der Waals surface area contributed by atoms with Crippen LogP contribution < -0.4 is 5.32 Å². The van der Waals surface area contributed by atoms with E-state index in [9.17, 15) is 9.90 Å². The molecule has 0 saturated heterocycles. The first kappa shape index (κ1) is 13.4. The van der Waals surface area contributed by atoms with E-state index in [1.165, 1.54) is 4.68 Å². The number of carbonyl (C=O) groups is 1. The zero-order valence-electron chi connectivity index (χ0n) is 12.2. The molecule has 21 heavy (non-hydrogen) atoms. The summed E-state index contributed by atoms with van der Waals surface area (Å²) in [6.07, 6.45) is 0. The lowest BCUT2D eigenvalue weighted by Crippen LogP contribution is -2.38. The highest BCUT2D eigenvalue weighted by molar-refractivity contribution is 6.17. The van der Waals surface area contributed by atoms with Crippen LogP contribution in [0.5, 0.6) is 0 Å². The van der Waals surface area contributed by atoms with Gasteiger partial charge in [-0.3, -0.25) is 4.79 Å². The molecule has 0 unspecified atom stereocenters. The smallest absolute Gasteiger partial charge is 0.274 e. The summed E-state index contributed by atoms with van der Waals surface area (Å²) in [6, 6.07) is 11.6. The number of aryl methyl sites for hydroxylation is 1. The van der Waals surface area contributed by atoms with Crippen LogP contribution in [0.1, 0.15) is 19.5 Å². The van der Waals surface area contributed by atoms with Crippen molar-refractivity contribution in [2.24, 2.45) is 0 Å². The second-order valence-electron chi connectivity index (χ2n) is 5.73. The minimum Gasteiger partial charge on any atom is -0.507 e. The van der Waals surface area contributed by atoms with Crippen molar-refractivity contribution in [3.63, 3.8) is 0 Å². The zero-order chi connectivity index (χ0) is 15.2. The minimum atomic E-state index is -0.766. The summed E-state index contributed by atoms with van der Waals surface area (Å²) in [5.41, 5.74) is 1.96. The number of aromatic nitrogens is 2. The van der Waals surface area contributed by atoms with E-state index >= 15 is 0 Å². The van der Waals surface area contributed by atoms with Gasteiger partial charge in [-0.1, -0.05) is 30.3 Å². The molecule has 1 amide bonds. The fraction of sp³-hybridized carbons (Fsp3) is 0.250. The Labute approximate surface area is 122 Å². The topological polar surface area (TPSA) is 67.2 Å². The van der Waals surface area contributed by atoms with Crippen LogP contribution in [-0.4, -0.2) is 26.3 Å². The van der Waals surface area contributed by atoms with Crippen molar-refractivity contribution in [1.82, 2.24) is 15.1 Å². The fourth-order valence-electron chi connectivity index (χ4n) is 2.45. The van der Waals surface area contributed by atoms with E-state index in [1.807, 2.05) is 43.3 Å². The van der Waals surface area contributed by atoms with E-state index in [0.717, 1.165) is 17.0 Å². The lowest BCUT2D eigenvalue weighted by molar-refractivity contribution is -0.116. The Morgan fingerprint density at radius 2 is 1.90 bits per heavy atom. The van der Waals surface area contributed by atoms with Gasteiger partial charge >= 0.3 is 0 Å². The molecule has 2 N–H and O–H groups in total. The van der Waals surface area contributed by atoms with Gasteiger partial charge in [0.2, 0.25) is 0 Å². The largest absolute Gasteiger partial charge is 0.507 e. The number of aliphatic hydroxyl groups is 1. The van der Waals surface area contributed by atoms with Gasteiger partial charge in [-0.15, -0.1) is 0 Å². The van der Waals surface area contributed by atoms with Crippen molar-refractivity contribution in [2.75, 3.05) is 0 Å². The maximum atomic E-state index is 12.1. The number of carbonyl (C=O) groups excluding carboxylic acids is 1. The number of hydrogen-bond donors (Lipinski definition) is 2. The Kier molecular flexibility index (Phi) is 2.86. The molecule has 0 bridgehead atoms. The van der Waals surface area contributed by atoms with Gasteiger partial charge in [0.05, 0.1) is 11.2 Å². The van der Waals surface area contributed by atoms with Crippen LogP contribution in [0.4, 0.5) is 0 Å². The van der Waals surface area contributed by atoms with E-state index in [2.05, 4.69) is 10.4 Å². The predicted molar refractivity (Wildman–Crippen MR) is 80.5 cm³/mol. The highest BCUT2D eigenvalue weighted by Gasteiger charge is 2.40. The Balaban J connectivity index is 2.11. The fourth-order valence-corrected chi connectivity index (χ4v) is 2.45. The lowest BCUT2D eigenvalue weighted by Gasteiger charge is -2.17. The second-order valence-corrected chi connectivity index (χ2v) is 5.73. The molecule has 3 rings (SSSR count). The number of benzene rings is 1. The maximum Gasteiger partial charge on any atom is 0.274 e. The predicted octanol–water partition coefficient (Wildman–Crippen LogP) is 2.49. The molecule has 0 atom stereocenters. The van der Waals surface area contributed by atoms with E-state index < -0.39 is 5.54 Å². The molecule has 1 aromatic heterocycles. The molecular formula is C16H17N3O2. The normalized spacial score (nSPS) is 17.2. The average molecular weight is 283 g/mol. The molecule has 2 aromatic rings. The van der Waals surface area contributed by atoms with Crippen LogP contribution in [0.3, 0.4) is 0 Å². The Morgan fingerprint density at radius 3 is 2.48 bits per heavy atom. The Hall–Kier alpha value is -2.56. The van der Waals surface area contributed by atoms with Gasteiger partial charge in [-0.05, 0) is 26.8 Å². The van der Waals surface area contributed by atoms with Gasteiger partial charge in [0.15, 0.2) is 5.70 Å². The highest BCUT2D eigenvalue weighted by Crippen LogP contribution is 2.29. The molecule has 0 saturated carbocycles. The third-order valence-corrected chi connectivity index (χ3v) is 3.63. The summed E-state index contributed by atoms with van der Waals surface area (Å²) in [4.78, 5) is 12.1. The van der Waals surface area contributed by atoms with E-state index in [1.54, 1.807) is 13.8 Å². The summed E-state index contributed by atoms with van der Waals surface area (Å²) in [6.45, 7) is 5.37. The SMILES string of the molecule is Cc1cc(-c2ccccc2)nn1C1=C(O)C(C)(C)NC1=O. The molecule has 108 valence electrons. The number of rotatable bonds is 2. The van der Waals surface area contributed by atoms with Crippen molar-refractivity contribution in [2.45, 2.75) is 26.3 Å². The van der Waals surface area contributed by atoms with Crippen LogP contribution >= 0.6 is 0 Å². The second kappa shape index (κ2) is 4.48. The molecule has 1 aliphatic heterocycles. The van der Waals surface area contributed by atoms with Gasteiger partial charge in [0.25, 0.3) is 5.91 Å². The first-order valence-corrected chi connectivity index (χ1v) is 6.79. The van der Waals surface area contributed by atoms with E-state index in [0.29, 0.717) is 0 Å². The summed E-state index contributed by atoms with van der Waals surface area (Å²) < 4.78 is 1.50. The summed E-state index contributed by atoms with van der Waals surface area (Å²) in [5, 5.41) is 17.5. The molecule has 5 heteroatoms. The Morgan fingerprint density at radius 1 is 1.24 bits per heavy atom. The summed E-state index contributed by atoms with van der Waals surface area (Å²) >= 11 is 0. The summed E-state index contributed by atoms with van der Waals surface area (Å²) in [7, 11) is 0. The van der Waals surface area contributed by atoms with Crippen molar-refractivity contribution >= 4 is 11.6 Å². The number of nitrogens with zero attached hydrogens (tertiary/aromatic N) is 2. The van der Waals surface area contributed by atoms with Crippen LogP contribution in [-0.2, 0) is 4.79 Å². The molecule has 0 fully saturated rings. The molecule has 1 aromatic carbocycles. The van der Waals surface area contributed by atoms with Gasteiger partial charge in [-0.25, -0.2) is 4.68 Å². The van der Waals surface area contributed by atoms with Crippen LogP contribution in [0.25, 0.3) is 17.0 Å². The van der Waals surface area contributed by atoms with E-state index in [-0.39, 0.29) is 17.4 Å². The first-order chi connectivity index (χ1) is 9.90. The molecule has 5 nitrogen and oxygen atoms in total. The molecule has 0 aliphatic carbocycles. The monoisotopic (exact) mass is 283 g/mol. The molecule has 0 spiro atoms. The quantitative estimate of drug-likeness (QED) is 0.889. The van der Waals surface area contributed by atoms with Gasteiger partial charge in [0.1, 0.15) is 5.76 Å². The number of amides is 1. The van der Waals surface area contributed by atoms with Gasteiger partial charge in [-0.2, -0.15) is 5.10 Å². The van der Waals surface area contributed by atoms with Crippen LogP contribution in [0, 0.1) is 6.92 Å².